The fraction of sp³-hybridized carbons (Fsp3) is 0.647. The average molecular weight is 290 g/mol. The molecular formula is C17H26N2O2. The Morgan fingerprint density at radius 1 is 1.05 bits per heavy atom. The van der Waals surface area contributed by atoms with Crippen molar-refractivity contribution < 1.29 is 9.59 Å². The summed E-state index contributed by atoms with van der Waals surface area (Å²) in [5.74, 6) is 0.335. The zero-order valence-corrected chi connectivity index (χ0v) is 13.1. The lowest BCUT2D eigenvalue weighted by Gasteiger charge is -2.23. The number of amides is 2. The summed E-state index contributed by atoms with van der Waals surface area (Å²) in [6.45, 7) is 4.62. The molecule has 4 heteroatoms. The Morgan fingerprint density at radius 3 is 2.10 bits per heavy atom. The molecule has 2 amide bonds. The average Bonchev–Trinajstić information content (AvgIpc) is 3.14. The van der Waals surface area contributed by atoms with Gasteiger partial charge in [-0.1, -0.05) is 26.0 Å². The van der Waals surface area contributed by atoms with Crippen LogP contribution >= 0.6 is 0 Å². The Morgan fingerprint density at radius 2 is 1.62 bits per heavy atom. The van der Waals surface area contributed by atoms with Gasteiger partial charge in [0.25, 0.3) is 0 Å². The van der Waals surface area contributed by atoms with Gasteiger partial charge in [0.2, 0.25) is 11.8 Å². The summed E-state index contributed by atoms with van der Waals surface area (Å²) in [4.78, 5) is 24.2. The summed E-state index contributed by atoms with van der Waals surface area (Å²) in [5, 5.41) is 6.02. The lowest BCUT2D eigenvalue weighted by atomic mass is 10.0. The zero-order valence-electron chi connectivity index (χ0n) is 13.1. The minimum atomic E-state index is -0.0232. The summed E-state index contributed by atoms with van der Waals surface area (Å²) < 4.78 is 0. The smallest absolute Gasteiger partial charge is 0.247 e. The molecular weight excluding hydrogens is 264 g/mol. The molecule has 2 rings (SSSR count). The van der Waals surface area contributed by atoms with E-state index in [1.54, 1.807) is 0 Å². The highest BCUT2D eigenvalue weighted by Gasteiger charge is 2.21. The molecule has 0 radical (unpaired) electrons. The van der Waals surface area contributed by atoms with Crippen molar-refractivity contribution in [3.63, 3.8) is 0 Å². The zero-order chi connectivity index (χ0) is 15.2. The normalized spacial score (nSPS) is 19.2. The first-order chi connectivity index (χ1) is 10.1. The fourth-order valence-corrected chi connectivity index (χ4v) is 2.78. The largest absolute Gasteiger partial charge is 0.350 e. The third kappa shape index (κ3) is 4.45. The molecule has 0 aliphatic heterocycles. The van der Waals surface area contributed by atoms with Crippen molar-refractivity contribution in [3.8, 4) is 0 Å². The van der Waals surface area contributed by atoms with Crippen LogP contribution in [0.1, 0.15) is 52.4 Å². The van der Waals surface area contributed by atoms with Gasteiger partial charge in [-0.2, -0.15) is 0 Å². The standard InChI is InChI=1S/C17H26N2O2/c1-12(2)15(19-17(21)14-9-5-6-10-14)11-18-16(20)13-7-3-4-8-13/h7,9,12,15H,3-6,8,10-11H2,1-2H3,(H,18,20)(H,19,21)/t15-/m1/s1. The van der Waals surface area contributed by atoms with Crippen LogP contribution in [-0.4, -0.2) is 24.4 Å². The molecule has 0 aromatic rings. The molecule has 21 heavy (non-hydrogen) atoms. The van der Waals surface area contributed by atoms with Gasteiger partial charge in [-0.05, 0) is 44.4 Å². The maximum Gasteiger partial charge on any atom is 0.247 e. The molecule has 2 aliphatic rings. The Balaban J connectivity index is 1.84. The first-order valence-electron chi connectivity index (χ1n) is 8.05. The minimum Gasteiger partial charge on any atom is -0.350 e. The van der Waals surface area contributed by atoms with Crippen LogP contribution in [0.4, 0.5) is 0 Å². The van der Waals surface area contributed by atoms with Crippen LogP contribution in [-0.2, 0) is 9.59 Å². The molecule has 0 spiro atoms. The molecule has 0 fully saturated rings. The van der Waals surface area contributed by atoms with Gasteiger partial charge < -0.3 is 10.6 Å². The van der Waals surface area contributed by atoms with E-state index in [0.717, 1.165) is 49.7 Å². The van der Waals surface area contributed by atoms with Gasteiger partial charge in [0.1, 0.15) is 0 Å². The van der Waals surface area contributed by atoms with Crippen LogP contribution in [0.3, 0.4) is 0 Å². The monoisotopic (exact) mass is 290 g/mol. The fourth-order valence-electron chi connectivity index (χ4n) is 2.78. The Bertz CT molecular complexity index is 463. The van der Waals surface area contributed by atoms with Crippen molar-refractivity contribution in [2.24, 2.45) is 5.92 Å². The molecule has 1 atom stereocenters. The first-order valence-corrected chi connectivity index (χ1v) is 8.05. The molecule has 0 bridgehead atoms. The lowest BCUT2D eigenvalue weighted by Crippen LogP contribution is -2.47. The minimum absolute atomic E-state index is 0.0208. The predicted octanol–water partition coefficient (Wildman–Crippen LogP) is 2.46. The highest BCUT2D eigenvalue weighted by molar-refractivity contribution is 5.95. The van der Waals surface area contributed by atoms with Crippen molar-refractivity contribution in [3.05, 3.63) is 23.3 Å². The first kappa shape index (κ1) is 15.8. The van der Waals surface area contributed by atoms with E-state index in [0.29, 0.717) is 6.54 Å². The van der Waals surface area contributed by atoms with E-state index in [4.69, 9.17) is 0 Å². The topological polar surface area (TPSA) is 58.2 Å². The summed E-state index contributed by atoms with van der Waals surface area (Å²) in [6, 6.07) is -0.0232. The Hall–Kier alpha value is -1.58. The van der Waals surface area contributed by atoms with Crippen LogP contribution in [0.15, 0.2) is 23.3 Å². The highest BCUT2D eigenvalue weighted by atomic mass is 16.2. The number of hydrogen-bond donors (Lipinski definition) is 2. The van der Waals surface area contributed by atoms with E-state index in [2.05, 4.69) is 24.5 Å². The molecule has 2 N–H and O–H groups in total. The second-order valence-electron chi connectivity index (χ2n) is 6.28. The van der Waals surface area contributed by atoms with Crippen molar-refractivity contribution in [1.29, 1.82) is 0 Å². The number of carbonyl (C=O) groups excluding carboxylic acids is 2. The number of nitrogens with one attached hydrogen (secondary N) is 2. The highest BCUT2D eigenvalue weighted by Crippen LogP contribution is 2.19. The van der Waals surface area contributed by atoms with Crippen LogP contribution in [0.2, 0.25) is 0 Å². The van der Waals surface area contributed by atoms with Crippen molar-refractivity contribution in [2.45, 2.75) is 58.4 Å². The summed E-state index contributed by atoms with van der Waals surface area (Å²) in [5.41, 5.74) is 1.79. The maximum absolute atomic E-state index is 12.2. The van der Waals surface area contributed by atoms with Crippen LogP contribution in [0.25, 0.3) is 0 Å². The van der Waals surface area contributed by atoms with Crippen LogP contribution in [0, 0.1) is 5.92 Å². The van der Waals surface area contributed by atoms with Crippen LogP contribution < -0.4 is 10.6 Å². The van der Waals surface area contributed by atoms with Gasteiger partial charge in [0, 0.05) is 23.7 Å². The second-order valence-corrected chi connectivity index (χ2v) is 6.28. The van der Waals surface area contributed by atoms with Crippen molar-refractivity contribution in [1.82, 2.24) is 10.6 Å². The molecule has 0 heterocycles. The summed E-state index contributed by atoms with van der Waals surface area (Å²) >= 11 is 0. The van der Waals surface area contributed by atoms with E-state index in [1.807, 2.05) is 12.2 Å². The van der Waals surface area contributed by atoms with Crippen LogP contribution in [0.5, 0.6) is 0 Å². The molecule has 0 saturated carbocycles. The van der Waals surface area contributed by atoms with E-state index < -0.39 is 0 Å². The van der Waals surface area contributed by atoms with Gasteiger partial charge in [-0.15, -0.1) is 0 Å². The molecule has 0 unspecified atom stereocenters. The number of rotatable bonds is 6. The van der Waals surface area contributed by atoms with Gasteiger partial charge in [-0.3, -0.25) is 9.59 Å². The molecule has 116 valence electrons. The Kier molecular flexibility index (Phi) is 5.59. The summed E-state index contributed by atoms with van der Waals surface area (Å²) in [7, 11) is 0. The van der Waals surface area contributed by atoms with Gasteiger partial charge in [0.15, 0.2) is 0 Å². The van der Waals surface area contributed by atoms with E-state index in [1.165, 1.54) is 0 Å². The number of carbonyl (C=O) groups is 2. The molecule has 4 nitrogen and oxygen atoms in total. The maximum atomic E-state index is 12.2. The van der Waals surface area contributed by atoms with Crippen molar-refractivity contribution in [2.75, 3.05) is 6.54 Å². The Labute approximate surface area is 127 Å². The van der Waals surface area contributed by atoms with E-state index in [9.17, 15) is 9.59 Å². The van der Waals surface area contributed by atoms with Crippen molar-refractivity contribution >= 4 is 11.8 Å². The molecule has 0 saturated heterocycles. The SMILES string of the molecule is CC(C)[C@@H](CNC(=O)C1=CCCC1)NC(=O)C1=CCCC1. The summed E-state index contributed by atoms with van der Waals surface area (Å²) in [6.07, 6.45) is 9.92. The lowest BCUT2D eigenvalue weighted by molar-refractivity contribution is -0.120. The van der Waals surface area contributed by atoms with Gasteiger partial charge in [0.05, 0.1) is 0 Å². The quantitative estimate of drug-likeness (QED) is 0.789. The third-order valence-corrected chi connectivity index (χ3v) is 4.27. The van der Waals surface area contributed by atoms with E-state index in [-0.39, 0.29) is 23.8 Å². The van der Waals surface area contributed by atoms with Gasteiger partial charge in [-0.25, -0.2) is 0 Å². The van der Waals surface area contributed by atoms with E-state index >= 15 is 0 Å². The molecule has 0 aromatic carbocycles. The molecule has 2 aliphatic carbocycles. The third-order valence-electron chi connectivity index (χ3n) is 4.27. The number of allylic oxidation sites excluding steroid dienone is 2. The second kappa shape index (κ2) is 7.43. The predicted molar refractivity (Wildman–Crippen MR) is 83.6 cm³/mol. The number of hydrogen-bond acceptors (Lipinski definition) is 2. The van der Waals surface area contributed by atoms with Gasteiger partial charge >= 0.3 is 0 Å². The molecule has 0 aromatic heterocycles.